The molecule has 0 nitrogen and oxygen atoms in total. The van der Waals surface area contributed by atoms with Crippen LogP contribution in [0, 0.1) is 0 Å². The fourth-order valence-corrected chi connectivity index (χ4v) is 7.97. The summed E-state index contributed by atoms with van der Waals surface area (Å²) in [5, 5.41) is 0. The molecule has 0 radical (unpaired) electrons. The van der Waals surface area contributed by atoms with Crippen LogP contribution in [-0.2, 0) is 12.8 Å². The molecule has 7 rings (SSSR count). The number of hydrogen-bond donors (Lipinski definition) is 0. The van der Waals surface area contributed by atoms with Gasteiger partial charge in [0.05, 0.1) is 0 Å². The normalized spacial score (nSPS) is 13.5. The van der Waals surface area contributed by atoms with Crippen molar-refractivity contribution in [1.82, 2.24) is 0 Å². The molecular weight excluding hydrogens is 411 g/mol. The molecule has 2 aromatic heterocycles. The van der Waals surface area contributed by atoms with E-state index in [1.165, 1.54) is 43.1 Å². The SMILES string of the molecule is c1ccc(-c2cc3c(s2)B2c4sc(-c5ccccc5)cc4Cc4cccc(c42)C3)cc1. The minimum absolute atomic E-state index is 0.392. The summed E-state index contributed by atoms with van der Waals surface area (Å²) in [4.78, 5) is 2.79. The van der Waals surface area contributed by atoms with E-state index in [1.54, 1.807) is 15.0 Å². The molecule has 3 heteroatoms. The van der Waals surface area contributed by atoms with Crippen molar-refractivity contribution in [3.63, 3.8) is 0 Å². The maximum Gasteiger partial charge on any atom is 0.267 e. The van der Waals surface area contributed by atoms with Gasteiger partial charge in [-0.15, -0.1) is 22.7 Å². The minimum Gasteiger partial charge on any atom is -0.149 e. The van der Waals surface area contributed by atoms with Crippen LogP contribution in [0.2, 0.25) is 0 Å². The smallest absolute Gasteiger partial charge is 0.149 e. The molecule has 31 heavy (non-hydrogen) atoms. The molecule has 0 N–H and O–H groups in total. The van der Waals surface area contributed by atoms with Gasteiger partial charge in [-0.1, -0.05) is 84.3 Å². The van der Waals surface area contributed by atoms with Crippen LogP contribution < -0.4 is 15.0 Å². The van der Waals surface area contributed by atoms with E-state index in [-0.39, 0.29) is 0 Å². The Morgan fingerprint density at radius 3 is 1.48 bits per heavy atom. The Bertz CT molecular complexity index is 1320. The lowest BCUT2D eigenvalue weighted by atomic mass is 9.36. The number of thiophene rings is 2. The summed E-state index contributed by atoms with van der Waals surface area (Å²) in [5.41, 5.74) is 10.3. The molecular formula is C28H19BS2. The third-order valence-corrected chi connectivity index (χ3v) is 9.24. The fourth-order valence-electron chi connectivity index (χ4n) is 5.28. The van der Waals surface area contributed by atoms with Gasteiger partial charge in [0.1, 0.15) is 0 Å². The van der Waals surface area contributed by atoms with Crippen LogP contribution in [0.3, 0.4) is 0 Å². The molecule has 3 aromatic carbocycles. The molecule has 146 valence electrons. The lowest BCUT2D eigenvalue weighted by Crippen LogP contribution is -2.58. The topological polar surface area (TPSA) is 0 Å². The van der Waals surface area contributed by atoms with Crippen LogP contribution in [0.1, 0.15) is 22.3 Å². The van der Waals surface area contributed by atoms with E-state index in [4.69, 9.17) is 0 Å². The highest BCUT2D eigenvalue weighted by Gasteiger charge is 2.39. The maximum atomic E-state index is 2.45. The molecule has 0 unspecified atom stereocenters. The number of rotatable bonds is 2. The van der Waals surface area contributed by atoms with Gasteiger partial charge in [0.25, 0.3) is 6.71 Å². The molecule has 5 aromatic rings. The average Bonchev–Trinajstić information content (AvgIpc) is 3.44. The van der Waals surface area contributed by atoms with Crippen molar-refractivity contribution in [2.75, 3.05) is 0 Å². The van der Waals surface area contributed by atoms with E-state index >= 15 is 0 Å². The summed E-state index contributed by atoms with van der Waals surface area (Å²) in [6.07, 6.45) is 2.12. The van der Waals surface area contributed by atoms with Gasteiger partial charge >= 0.3 is 0 Å². The molecule has 0 bridgehead atoms. The molecule has 2 aliphatic heterocycles. The first-order valence-electron chi connectivity index (χ1n) is 10.8. The summed E-state index contributed by atoms with van der Waals surface area (Å²) in [5.74, 6) is 0. The molecule has 0 aliphatic carbocycles. The van der Waals surface area contributed by atoms with Crippen LogP contribution in [0.25, 0.3) is 20.9 Å². The monoisotopic (exact) mass is 430 g/mol. The first-order chi connectivity index (χ1) is 15.3. The zero-order valence-electron chi connectivity index (χ0n) is 17.0. The van der Waals surface area contributed by atoms with Crippen molar-refractivity contribution in [3.05, 3.63) is 113 Å². The van der Waals surface area contributed by atoms with Gasteiger partial charge in [-0.05, 0) is 67.9 Å². The molecule has 2 aliphatic rings. The van der Waals surface area contributed by atoms with Gasteiger partial charge in [0.15, 0.2) is 0 Å². The standard InChI is InChI=1S/C28H19BS2/c1-3-8-18(9-4-1)24-16-22-14-20-12-7-13-21-15-23-17-25(19-10-5-2-6-11-19)31-28(23)29(26(20)21)27(22)30-24/h1-13,16-17H,14-15H2. The van der Waals surface area contributed by atoms with Crippen molar-refractivity contribution in [3.8, 4) is 20.9 Å². The first kappa shape index (κ1) is 17.8. The Hall–Kier alpha value is -2.88. The highest BCUT2D eigenvalue weighted by atomic mass is 32.1. The second-order valence-electron chi connectivity index (χ2n) is 8.51. The molecule has 0 saturated carbocycles. The summed E-state index contributed by atoms with van der Waals surface area (Å²) in [6.45, 7) is 0.392. The van der Waals surface area contributed by atoms with Crippen LogP contribution in [0.15, 0.2) is 91.0 Å². The second-order valence-corrected chi connectivity index (χ2v) is 10.7. The van der Waals surface area contributed by atoms with Crippen LogP contribution in [0.4, 0.5) is 0 Å². The highest BCUT2D eigenvalue weighted by Crippen LogP contribution is 2.34. The lowest BCUT2D eigenvalue weighted by Gasteiger charge is -2.30. The third-order valence-electron chi connectivity index (χ3n) is 6.66. The van der Waals surface area contributed by atoms with E-state index < -0.39 is 0 Å². The zero-order chi connectivity index (χ0) is 20.4. The third kappa shape index (κ3) is 2.73. The summed E-state index contributed by atoms with van der Waals surface area (Å²) in [7, 11) is 0. The summed E-state index contributed by atoms with van der Waals surface area (Å²) >= 11 is 4.01. The summed E-state index contributed by atoms with van der Waals surface area (Å²) < 4.78 is 3.11. The quantitative estimate of drug-likeness (QED) is 0.319. The Labute approximate surface area is 190 Å². The van der Waals surface area contributed by atoms with Gasteiger partial charge in [-0.3, -0.25) is 0 Å². The first-order valence-corrected chi connectivity index (χ1v) is 12.4. The van der Waals surface area contributed by atoms with Gasteiger partial charge in [0, 0.05) is 9.75 Å². The van der Waals surface area contributed by atoms with Gasteiger partial charge in [0.2, 0.25) is 0 Å². The van der Waals surface area contributed by atoms with Crippen molar-refractivity contribution >= 4 is 44.4 Å². The average molecular weight is 430 g/mol. The highest BCUT2D eigenvalue weighted by molar-refractivity contribution is 7.37. The predicted molar refractivity (Wildman–Crippen MR) is 136 cm³/mol. The van der Waals surface area contributed by atoms with E-state index in [0.29, 0.717) is 6.71 Å². The Morgan fingerprint density at radius 2 is 1.00 bits per heavy atom. The van der Waals surface area contributed by atoms with Gasteiger partial charge < -0.3 is 0 Å². The Morgan fingerprint density at radius 1 is 0.516 bits per heavy atom. The van der Waals surface area contributed by atoms with Crippen molar-refractivity contribution in [2.24, 2.45) is 0 Å². The van der Waals surface area contributed by atoms with Crippen LogP contribution in [0.5, 0.6) is 0 Å². The number of fused-ring (bicyclic) bond motifs is 4. The van der Waals surface area contributed by atoms with Crippen molar-refractivity contribution < 1.29 is 0 Å². The second kappa shape index (κ2) is 6.81. The fraction of sp³-hybridized carbons (Fsp3) is 0.0714. The van der Waals surface area contributed by atoms with Gasteiger partial charge in [-0.25, -0.2) is 0 Å². The molecule has 0 fully saturated rings. The zero-order valence-corrected chi connectivity index (χ0v) is 18.6. The molecule has 0 saturated heterocycles. The van der Waals surface area contributed by atoms with E-state index in [2.05, 4.69) is 91.0 Å². The van der Waals surface area contributed by atoms with Crippen molar-refractivity contribution in [1.29, 1.82) is 0 Å². The lowest BCUT2D eigenvalue weighted by molar-refractivity contribution is 1.16. The summed E-state index contributed by atoms with van der Waals surface area (Å²) in [6, 6.07) is 33.6. The molecule has 0 spiro atoms. The Kier molecular flexibility index (Phi) is 3.91. The van der Waals surface area contributed by atoms with Crippen LogP contribution >= 0.6 is 22.7 Å². The van der Waals surface area contributed by atoms with E-state index in [9.17, 15) is 0 Å². The minimum atomic E-state index is 0.392. The van der Waals surface area contributed by atoms with Crippen molar-refractivity contribution in [2.45, 2.75) is 12.8 Å². The number of benzene rings is 3. The van der Waals surface area contributed by atoms with Gasteiger partial charge in [-0.2, -0.15) is 0 Å². The molecule has 4 heterocycles. The predicted octanol–water partition coefficient (Wildman–Crippen LogP) is 5.47. The maximum absolute atomic E-state index is 2.45. The van der Waals surface area contributed by atoms with E-state index in [1.807, 2.05) is 22.7 Å². The number of hydrogen-bond acceptors (Lipinski definition) is 2. The molecule has 0 atom stereocenters. The Balaban J connectivity index is 1.44. The van der Waals surface area contributed by atoms with Crippen LogP contribution in [-0.4, -0.2) is 6.71 Å². The molecule has 0 amide bonds. The van der Waals surface area contributed by atoms with E-state index in [0.717, 1.165) is 12.8 Å². The largest absolute Gasteiger partial charge is 0.267 e.